The number of benzene rings is 1. The highest BCUT2D eigenvalue weighted by Crippen LogP contribution is 2.23. The van der Waals surface area contributed by atoms with Crippen LogP contribution >= 0.6 is 11.6 Å². The van der Waals surface area contributed by atoms with Gasteiger partial charge in [-0.25, -0.2) is 0 Å². The molecule has 1 saturated carbocycles. The summed E-state index contributed by atoms with van der Waals surface area (Å²) in [6.45, 7) is 4.17. The van der Waals surface area contributed by atoms with Crippen LogP contribution in [0.4, 0.5) is 5.69 Å². The lowest BCUT2D eigenvalue weighted by atomic mass is 10.1. The predicted molar refractivity (Wildman–Crippen MR) is 94.6 cm³/mol. The van der Waals surface area contributed by atoms with Crippen molar-refractivity contribution in [2.75, 3.05) is 11.6 Å². The Kier molecular flexibility index (Phi) is 7.34. The molecule has 1 aromatic carbocycles. The van der Waals surface area contributed by atoms with E-state index < -0.39 is 5.38 Å². The SMILES string of the molecule is CCc1ccccc1N(CONC1CCCC1)C(=O)C(Cl)CC. The number of nitrogens with zero attached hydrogens (tertiary/aromatic N) is 1. The number of nitrogens with one attached hydrogen (secondary N) is 1. The number of carbonyl (C=O) groups excluding carboxylic acids is 1. The summed E-state index contributed by atoms with van der Waals surface area (Å²) in [4.78, 5) is 20.0. The van der Waals surface area contributed by atoms with Crippen LogP contribution in [0, 0.1) is 0 Å². The van der Waals surface area contributed by atoms with E-state index in [0.29, 0.717) is 12.5 Å². The number of anilines is 1. The maximum Gasteiger partial charge on any atom is 0.246 e. The largest absolute Gasteiger partial charge is 0.285 e. The molecule has 2 rings (SSSR count). The van der Waals surface area contributed by atoms with Gasteiger partial charge in [0.15, 0.2) is 0 Å². The molecule has 4 nitrogen and oxygen atoms in total. The number of halogens is 1. The maximum atomic E-state index is 12.7. The molecule has 0 saturated heterocycles. The number of hydroxylamine groups is 1. The smallest absolute Gasteiger partial charge is 0.246 e. The second-order valence-corrected chi connectivity index (χ2v) is 6.52. The molecule has 0 aromatic heterocycles. The fraction of sp³-hybridized carbons (Fsp3) is 0.611. The van der Waals surface area contributed by atoms with Gasteiger partial charge < -0.3 is 0 Å². The van der Waals surface area contributed by atoms with Crippen molar-refractivity contribution in [3.63, 3.8) is 0 Å². The van der Waals surface area contributed by atoms with Gasteiger partial charge in [-0.05, 0) is 37.3 Å². The summed E-state index contributed by atoms with van der Waals surface area (Å²) >= 11 is 6.19. The van der Waals surface area contributed by atoms with E-state index in [9.17, 15) is 4.79 Å². The van der Waals surface area contributed by atoms with Crippen LogP contribution in [-0.2, 0) is 16.1 Å². The Balaban J connectivity index is 2.09. The summed E-state index contributed by atoms with van der Waals surface area (Å²) < 4.78 is 0. The molecule has 128 valence electrons. The van der Waals surface area contributed by atoms with Crippen molar-refractivity contribution in [2.24, 2.45) is 0 Å². The quantitative estimate of drug-likeness (QED) is 0.442. The average molecular weight is 339 g/mol. The van der Waals surface area contributed by atoms with Crippen LogP contribution in [0.1, 0.15) is 51.5 Å². The molecule has 0 spiro atoms. The van der Waals surface area contributed by atoms with E-state index in [1.807, 2.05) is 31.2 Å². The summed E-state index contributed by atoms with van der Waals surface area (Å²) in [5, 5.41) is -0.532. The minimum Gasteiger partial charge on any atom is -0.285 e. The second kappa shape index (κ2) is 9.26. The molecular weight excluding hydrogens is 312 g/mol. The van der Waals surface area contributed by atoms with Gasteiger partial charge in [-0.1, -0.05) is 44.9 Å². The molecule has 1 aliphatic rings. The van der Waals surface area contributed by atoms with Crippen molar-refractivity contribution >= 4 is 23.2 Å². The first-order chi connectivity index (χ1) is 11.2. The monoisotopic (exact) mass is 338 g/mol. The molecule has 1 aliphatic carbocycles. The van der Waals surface area contributed by atoms with Gasteiger partial charge in [0, 0.05) is 11.7 Å². The third-order valence-electron chi connectivity index (χ3n) is 4.35. The fourth-order valence-corrected chi connectivity index (χ4v) is 3.05. The van der Waals surface area contributed by atoms with E-state index in [1.54, 1.807) is 4.90 Å². The van der Waals surface area contributed by atoms with Crippen molar-refractivity contribution in [1.82, 2.24) is 5.48 Å². The van der Waals surface area contributed by atoms with Crippen molar-refractivity contribution < 1.29 is 9.63 Å². The molecule has 0 aliphatic heterocycles. The predicted octanol–water partition coefficient (Wildman–Crippen LogP) is 4.02. The summed E-state index contributed by atoms with van der Waals surface area (Å²) in [6, 6.07) is 8.31. The number of hydrogen-bond donors (Lipinski definition) is 1. The van der Waals surface area contributed by atoms with E-state index in [2.05, 4.69) is 12.4 Å². The first-order valence-corrected chi connectivity index (χ1v) is 9.01. The van der Waals surface area contributed by atoms with Gasteiger partial charge in [-0.15, -0.1) is 11.6 Å². The Morgan fingerprint density at radius 3 is 2.70 bits per heavy atom. The highest BCUT2D eigenvalue weighted by Gasteiger charge is 2.24. The third kappa shape index (κ3) is 4.93. The highest BCUT2D eigenvalue weighted by atomic mass is 35.5. The zero-order chi connectivity index (χ0) is 16.7. The van der Waals surface area contributed by atoms with E-state index in [4.69, 9.17) is 16.4 Å². The first-order valence-electron chi connectivity index (χ1n) is 8.58. The molecule has 0 heterocycles. The van der Waals surface area contributed by atoms with Crippen LogP contribution in [0.15, 0.2) is 24.3 Å². The topological polar surface area (TPSA) is 41.6 Å². The van der Waals surface area contributed by atoms with Crippen molar-refractivity contribution in [1.29, 1.82) is 0 Å². The van der Waals surface area contributed by atoms with Gasteiger partial charge in [-0.3, -0.25) is 14.5 Å². The van der Waals surface area contributed by atoms with Crippen molar-refractivity contribution in [3.05, 3.63) is 29.8 Å². The van der Waals surface area contributed by atoms with Crippen molar-refractivity contribution in [3.8, 4) is 0 Å². The fourth-order valence-electron chi connectivity index (χ4n) is 2.93. The van der Waals surface area contributed by atoms with Crippen LogP contribution in [0.3, 0.4) is 0 Å². The van der Waals surface area contributed by atoms with Crippen LogP contribution in [0.2, 0.25) is 0 Å². The maximum absolute atomic E-state index is 12.7. The van der Waals surface area contributed by atoms with Gasteiger partial charge in [0.1, 0.15) is 12.1 Å². The van der Waals surface area contributed by atoms with Crippen LogP contribution < -0.4 is 10.4 Å². The minimum absolute atomic E-state index is 0.108. The number of hydrogen-bond acceptors (Lipinski definition) is 3. The Morgan fingerprint density at radius 1 is 1.35 bits per heavy atom. The Morgan fingerprint density at radius 2 is 2.04 bits per heavy atom. The molecule has 0 radical (unpaired) electrons. The van der Waals surface area contributed by atoms with E-state index in [-0.39, 0.29) is 12.6 Å². The van der Waals surface area contributed by atoms with Gasteiger partial charge in [0.05, 0.1) is 0 Å². The number of rotatable bonds is 8. The molecule has 23 heavy (non-hydrogen) atoms. The summed E-state index contributed by atoms with van der Waals surface area (Å²) in [5.74, 6) is -0.108. The first kappa shape index (κ1) is 18.2. The molecule has 0 bridgehead atoms. The number of alkyl halides is 1. The van der Waals surface area contributed by atoms with E-state index in [1.165, 1.54) is 12.8 Å². The lowest BCUT2D eigenvalue weighted by molar-refractivity contribution is -0.120. The molecule has 1 N–H and O–H groups in total. The van der Waals surface area contributed by atoms with Gasteiger partial charge in [-0.2, -0.15) is 5.48 Å². The Hall–Kier alpha value is -1.10. The van der Waals surface area contributed by atoms with Crippen LogP contribution in [0.5, 0.6) is 0 Å². The average Bonchev–Trinajstić information content (AvgIpc) is 3.11. The molecule has 1 amide bonds. The molecule has 1 aromatic rings. The number of amides is 1. The van der Waals surface area contributed by atoms with Crippen LogP contribution in [-0.4, -0.2) is 24.1 Å². The van der Waals surface area contributed by atoms with Gasteiger partial charge >= 0.3 is 0 Å². The minimum atomic E-state index is -0.532. The number of carbonyl (C=O) groups is 1. The van der Waals surface area contributed by atoms with Gasteiger partial charge in [0.2, 0.25) is 5.91 Å². The Labute approximate surface area is 144 Å². The summed E-state index contributed by atoms with van der Waals surface area (Å²) in [6.07, 6.45) is 6.19. The molecule has 1 unspecified atom stereocenters. The lowest BCUT2D eigenvalue weighted by Crippen LogP contribution is -2.41. The van der Waals surface area contributed by atoms with Crippen molar-refractivity contribution in [2.45, 2.75) is 63.8 Å². The van der Waals surface area contributed by atoms with Crippen LogP contribution in [0.25, 0.3) is 0 Å². The number of para-hydroxylation sites is 1. The molecule has 1 fully saturated rings. The second-order valence-electron chi connectivity index (χ2n) is 6.00. The number of aryl methyl sites for hydroxylation is 1. The zero-order valence-corrected chi connectivity index (χ0v) is 14.8. The zero-order valence-electron chi connectivity index (χ0n) is 14.1. The molecule has 5 heteroatoms. The Bertz CT molecular complexity index is 504. The molecule has 1 atom stereocenters. The normalized spacial score (nSPS) is 16.5. The van der Waals surface area contributed by atoms with Gasteiger partial charge in [0.25, 0.3) is 0 Å². The summed E-state index contributed by atoms with van der Waals surface area (Å²) in [7, 11) is 0. The third-order valence-corrected chi connectivity index (χ3v) is 4.85. The van der Waals surface area contributed by atoms with E-state index >= 15 is 0 Å². The van der Waals surface area contributed by atoms with E-state index in [0.717, 1.165) is 30.5 Å². The standard InChI is InChI=1S/C18H27ClN2O2/c1-3-14-9-5-8-12-17(14)21(18(22)16(19)4-2)13-23-20-15-10-6-7-11-15/h5,8-9,12,15-16,20H,3-4,6-7,10-11,13H2,1-2H3. The molecular formula is C18H27ClN2O2. The summed E-state index contributed by atoms with van der Waals surface area (Å²) in [5.41, 5.74) is 5.09. The highest BCUT2D eigenvalue weighted by molar-refractivity contribution is 6.32. The lowest BCUT2D eigenvalue weighted by Gasteiger charge is -2.27.